The van der Waals surface area contributed by atoms with Gasteiger partial charge in [-0.1, -0.05) is 11.8 Å². The molecule has 1 aromatic heterocycles. The summed E-state index contributed by atoms with van der Waals surface area (Å²) in [5, 5.41) is 3.88. The van der Waals surface area contributed by atoms with Gasteiger partial charge in [0.1, 0.15) is 16.7 Å². The van der Waals surface area contributed by atoms with E-state index in [0.717, 1.165) is 17.4 Å². The average Bonchev–Trinajstić information content (AvgIpc) is 2.25. The Morgan fingerprint density at radius 2 is 2.31 bits per heavy atom. The second-order valence-electron chi connectivity index (χ2n) is 3.03. The topological polar surface area (TPSA) is 64.1 Å². The molecule has 5 nitrogen and oxygen atoms in total. The Balaban J connectivity index is 2.68. The van der Waals surface area contributed by atoms with Crippen molar-refractivity contribution in [2.75, 3.05) is 24.7 Å². The fourth-order valence-electron chi connectivity index (χ4n) is 1.08. The highest BCUT2D eigenvalue weighted by Gasteiger charge is 2.05. The lowest BCUT2D eigenvalue weighted by molar-refractivity contribution is -0.137. The third-order valence-corrected chi connectivity index (χ3v) is 2.62. The van der Waals surface area contributed by atoms with Gasteiger partial charge in [0.05, 0.1) is 12.9 Å². The summed E-state index contributed by atoms with van der Waals surface area (Å²) in [5.74, 6) is 1.47. The minimum atomic E-state index is -0.258. The van der Waals surface area contributed by atoms with Crippen molar-refractivity contribution in [1.82, 2.24) is 9.97 Å². The molecule has 0 fully saturated rings. The standard InChI is InChI=1S/C10H15N3O2S/c1-4-11-8-5-9(13-7(2)12-8)16-6-10(14)15-3/h5H,4,6H2,1-3H3,(H,11,12,13). The molecule has 0 aliphatic rings. The number of esters is 1. The maximum absolute atomic E-state index is 11.0. The highest BCUT2D eigenvalue weighted by atomic mass is 32.2. The predicted molar refractivity (Wildman–Crippen MR) is 63.7 cm³/mol. The van der Waals surface area contributed by atoms with E-state index in [4.69, 9.17) is 0 Å². The zero-order valence-electron chi connectivity index (χ0n) is 9.61. The largest absolute Gasteiger partial charge is 0.468 e. The molecule has 1 N–H and O–H groups in total. The second-order valence-corrected chi connectivity index (χ2v) is 4.03. The Labute approximate surface area is 99.0 Å². The van der Waals surface area contributed by atoms with Crippen LogP contribution in [0.25, 0.3) is 0 Å². The van der Waals surface area contributed by atoms with Crippen LogP contribution in [0.2, 0.25) is 0 Å². The molecule has 0 saturated heterocycles. The lowest BCUT2D eigenvalue weighted by atomic mass is 10.5. The summed E-state index contributed by atoms with van der Waals surface area (Å²) in [5.41, 5.74) is 0. The number of nitrogens with zero attached hydrogens (tertiary/aromatic N) is 2. The summed E-state index contributed by atoms with van der Waals surface area (Å²) in [6.45, 7) is 4.62. The van der Waals surface area contributed by atoms with E-state index in [1.54, 1.807) is 0 Å². The van der Waals surface area contributed by atoms with E-state index >= 15 is 0 Å². The quantitative estimate of drug-likeness (QED) is 0.478. The normalized spacial score (nSPS) is 9.94. The van der Waals surface area contributed by atoms with Crippen LogP contribution >= 0.6 is 11.8 Å². The Hall–Kier alpha value is -1.30. The highest BCUT2D eigenvalue weighted by molar-refractivity contribution is 7.99. The number of methoxy groups -OCH3 is 1. The van der Waals surface area contributed by atoms with Crippen LogP contribution in [-0.4, -0.2) is 35.3 Å². The Kier molecular flexibility index (Phi) is 5.04. The second kappa shape index (κ2) is 6.32. The molecule has 1 rings (SSSR count). The molecule has 0 radical (unpaired) electrons. The minimum Gasteiger partial charge on any atom is -0.468 e. The predicted octanol–water partition coefficient (Wildman–Crippen LogP) is 1.48. The van der Waals surface area contributed by atoms with Crippen LogP contribution in [0.1, 0.15) is 12.7 Å². The van der Waals surface area contributed by atoms with Gasteiger partial charge in [0.2, 0.25) is 0 Å². The number of anilines is 1. The van der Waals surface area contributed by atoms with Crippen molar-refractivity contribution in [3.8, 4) is 0 Å². The Bertz CT molecular complexity index is 371. The number of nitrogens with one attached hydrogen (secondary N) is 1. The molecule has 0 saturated carbocycles. The lowest BCUT2D eigenvalue weighted by Gasteiger charge is -2.06. The van der Waals surface area contributed by atoms with Gasteiger partial charge in [-0.3, -0.25) is 4.79 Å². The zero-order chi connectivity index (χ0) is 12.0. The first-order chi connectivity index (χ1) is 7.65. The van der Waals surface area contributed by atoms with Crippen LogP contribution in [0.3, 0.4) is 0 Å². The summed E-state index contributed by atoms with van der Waals surface area (Å²) < 4.78 is 4.56. The van der Waals surface area contributed by atoms with E-state index in [1.165, 1.54) is 18.9 Å². The minimum absolute atomic E-state index is 0.258. The van der Waals surface area contributed by atoms with Gasteiger partial charge < -0.3 is 10.1 Å². The first-order valence-electron chi connectivity index (χ1n) is 4.95. The Morgan fingerprint density at radius 3 is 2.94 bits per heavy atom. The van der Waals surface area contributed by atoms with Gasteiger partial charge in [0, 0.05) is 12.6 Å². The monoisotopic (exact) mass is 241 g/mol. The van der Waals surface area contributed by atoms with Crippen LogP contribution in [0.4, 0.5) is 5.82 Å². The maximum atomic E-state index is 11.0. The molecule has 0 aromatic carbocycles. The van der Waals surface area contributed by atoms with Gasteiger partial charge in [-0.15, -0.1) is 0 Å². The van der Waals surface area contributed by atoms with Gasteiger partial charge in [0.25, 0.3) is 0 Å². The number of ether oxygens (including phenoxy) is 1. The van der Waals surface area contributed by atoms with E-state index < -0.39 is 0 Å². The van der Waals surface area contributed by atoms with Gasteiger partial charge >= 0.3 is 5.97 Å². The van der Waals surface area contributed by atoms with Gasteiger partial charge in [-0.2, -0.15) is 0 Å². The lowest BCUT2D eigenvalue weighted by Crippen LogP contribution is -2.05. The molecular formula is C10H15N3O2S. The van der Waals surface area contributed by atoms with E-state index in [2.05, 4.69) is 20.0 Å². The smallest absolute Gasteiger partial charge is 0.316 e. The molecule has 1 heterocycles. The van der Waals surface area contributed by atoms with Crippen molar-refractivity contribution >= 4 is 23.5 Å². The third-order valence-electron chi connectivity index (χ3n) is 1.74. The number of hydrogen-bond acceptors (Lipinski definition) is 6. The molecule has 16 heavy (non-hydrogen) atoms. The third kappa shape index (κ3) is 4.06. The molecular weight excluding hydrogens is 226 g/mol. The fraction of sp³-hybridized carbons (Fsp3) is 0.500. The molecule has 0 aliphatic heterocycles. The number of aryl methyl sites for hydroxylation is 1. The molecule has 0 aliphatic carbocycles. The zero-order valence-corrected chi connectivity index (χ0v) is 10.4. The van der Waals surface area contributed by atoms with E-state index in [-0.39, 0.29) is 11.7 Å². The van der Waals surface area contributed by atoms with Crippen molar-refractivity contribution in [3.05, 3.63) is 11.9 Å². The van der Waals surface area contributed by atoms with E-state index in [0.29, 0.717) is 5.82 Å². The van der Waals surface area contributed by atoms with Gasteiger partial charge in [0.15, 0.2) is 0 Å². The first-order valence-corrected chi connectivity index (χ1v) is 5.93. The molecule has 0 amide bonds. The Morgan fingerprint density at radius 1 is 1.56 bits per heavy atom. The number of thioether (sulfide) groups is 1. The van der Waals surface area contributed by atoms with Crippen LogP contribution in [-0.2, 0) is 9.53 Å². The molecule has 0 spiro atoms. The van der Waals surface area contributed by atoms with Crippen molar-refractivity contribution in [1.29, 1.82) is 0 Å². The van der Waals surface area contributed by atoms with Gasteiger partial charge in [-0.05, 0) is 13.8 Å². The van der Waals surface area contributed by atoms with Crippen LogP contribution in [0.5, 0.6) is 0 Å². The number of rotatable bonds is 5. The molecule has 0 bridgehead atoms. The molecule has 0 atom stereocenters. The van der Waals surface area contributed by atoms with Crippen LogP contribution in [0, 0.1) is 6.92 Å². The van der Waals surface area contributed by atoms with Crippen molar-refractivity contribution in [2.45, 2.75) is 18.9 Å². The number of carbonyl (C=O) groups excluding carboxylic acids is 1. The number of carbonyl (C=O) groups is 1. The summed E-state index contributed by atoms with van der Waals surface area (Å²) in [4.78, 5) is 19.4. The maximum Gasteiger partial charge on any atom is 0.316 e. The molecule has 1 aromatic rings. The average molecular weight is 241 g/mol. The first kappa shape index (κ1) is 12.8. The van der Waals surface area contributed by atoms with E-state index in [9.17, 15) is 4.79 Å². The molecule has 0 unspecified atom stereocenters. The van der Waals surface area contributed by atoms with Gasteiger partial charge in [-0.25, -0.2) is 9.97 Å². The van der Waals surface area contributed by atoms with Crippen LogP contribution < -0.4 is 5.32 Å². The highest BCUT2D eigenvalue weighted by Crippen LogP contribution is 2.18. The summed E-state index contributed by atoms with van der Waals surface area (Å²) >= 11 is 1.34. The summed E-state index contributed by atoms with van der Waals surface area (Å²) in [6.07, 6.45) is 0. The van der Waals surface area contributed by atoms with Crippen molar-refractivity contribution in [2.24, 2.45) is 0 Å². The van der Waals surface area contributed by atoms with E-state index in [1.807, 2.05) is 19.9 Å². The summed E-state index contributed by atoms with van der Waals surface area (Å²) in [6, 6.07) is 1.82. The summed E-state index contributed by atoms with van der Waals surface area (Å²) in [7, 11) is 1.37. The fourth-order valence-corrected chi connectivity index (χ4v) is 1.85. The van der Waals surface area contributed by atoms with Crippen molar-refractivity contribution in [3.63, 3.8) is 0 Å². The number of aromatic nitrogens is 2. The van der Waals surface area contributed by atoms with Crippen LogP contribution in [0.15, 0.2) is 11.1 Å². The van der Waals surface area contributed by atoms with Crippen molar-refractivity contribution < 1.29 is 9.53 Å². The molecule has 88 valence electrons. The molecule has 6 heteroatoms. The SMILES string of the molecule is CCNc1cc(SCC(=O)OC)nc(C)n1. The number of hydrogen-bond donors (Lipinski definition) is 1.